The number of carbonyl (C=O) groups excluding carboxylic acids is 1. The van der Waals surface area contributed by atoms with E-state index in [1.54, 1.807) is 0 Å². The van der Waals surface area contributed by atoms with Crippen LogP contribution in [0.2, 0.25) is 0 Å². The van der Waals surface area contributed by atoms with Gasteiger partial charge in [-0.15, -0.1) is 0 Å². The minimum atomic E-state index is -3.95. The van der Waals surface area contributed by atoms with Crippen molar-refractivity contribution in [3.63, 3.8) is 0 Å². The lowest BCUT2D eigenvalue weighted by atomic mass is 10.3. The smallest absolute Gasteiger partial charge is 0.253 e. The summed E-state index contributed by atoms with van der Waals surface area (Å²) in [5, 5.41) is 7.12. The molecule has 3 N–H and O–H groups in total. The molecule has 1 amide bonds. The van der Waals surface area contributed by atoms with Gasteiger partial charge >= 0.3 is 0 Å². The second kappa shape index (κ2) is 5.42. The molecule has 1 aromatic carbocycles. The molecule has 6 nitrogen and oxygen atoms in total. The van der Waals surface area contributed by atoms with Crippen LogP contribution >= 0.6 is 0 Å². The number of primary sulfonamides is 1. The molecule has 8 heteroatoms. The first-order chi connectivity index (χ1) is 8.25. The fourth-order valence-corrected chi connectivity index (χ4v) is 1.66. The average molecular weight is 276 g/mol. The maximum absolute atomic E-state index is 13.4. The standard InChI is InChI=1S/C10H13FN2O4S/c1-6(17-2)10(14)13-9-5-7(18(12,15)16)3-4-8(9)11/h3-6H,1-2H3,(H,13,14)(H2,12,15,16). The van der Waals surface area contributed by atoms with E-state index in [2.05, 4.69) is 5.32 Å². The molecular formula is C10H13FN2O4S. The number of anilines is 1. The van der Waals surface area contributed by atoms with E-state index in [1.807, 2.05) is 0 Å². The Kier molecular flexibility index (Phi) is 4.38. The van der Waals surface area contributed by atoms with Crippen molar-refractivity contribution in [1.29, 1.82) is 0 Å². The number of carbonyl (C=O) groups is 1. The van der Waals surface area contributed by atoms with Crippen LogP contribution in [0, 0.1) is 5.82 Å². The molecule has 1 rings (SSSR count). The van der Waals surface area contributed by atoms with Gasteiger partial charge in [-0.2, -0.15) is 0 Å². The van der Waals surface area contributed by atoms with E-state index in [0.717, 1.165) is 18.2 Å². The number of rotatable bonds is 4. The zero-order valence-corrected chi connectivity index (χ0v) is 10.6. The van der Waals surface area contributed by atoms with Crippen molar-refractivity contribution in [2.45, 2.75) is 17.9 Å². The van der Waals surface area contributed by atoms with Crippen LogP contribution in [-0.2, 0) is 19.6 Å². The molecule has 0 fully saturated rings. The molecule has 0 heterocycles. The van der Waals surface area contributed by atoms with Gasteiger partial charge < -0.3 is 10.1 Å². The van der Waals surface area contributed by atoms with Gasteiger partial charge in [0.15, 0.2) is 0 Å². The van der Waals surface area contributed by atoms with E-state index in [9.17, 15) is 17.6 Å². The van der Waals surface area contributed by atoms with Crippen LogP contribution in [0.4, 0.5) is 10.1 Å². The van der Waals surface area contributed by atoms with Crippen LogP contribution in [0.3, 0.4) is 0 Å². The van der Waals surface area contributed by atoms with E-state index >= 15 is 0 Å². The molecule has 0 aliphatic rings. The lowest BCUT2D eigenvalue weighted by Gasteiger charge is -2.11. The SMILES string of the molecule is COC(C)C(=O)Nc1cc(S(N)(=O)=O)ccc1F. The Balaban J connectivity index is 3.06. The third kappa shape index (κ3) is 3.49. The highest BCUT2D eigenvalue weighted by molar-refractivity contribution is 7.89. The molecule has 0 saturated carbocycles. The Morgan fingerprint density at radius 1 is 1.50 bits per heavy atom. The van der Waals surface area contributed by atoms with Gasteiger partial charge in [0.1, 0.15) is 11.9 Å². The Hall–Kier alpha value is -1.51. The van der Waals surface area contributed by atoms with Crippen molar-refractivity contribution in [2.24, 2.45) is 5.14 Å². The molecule has 0 aromatic heterocycles. The Morgan fingerprint density at radius 2 is 2.11 bits per heavy atom. The quantitative estimate of drug-likeness (QED) is 0.834. The third-order valence-electron chi connectivity index (χ3n) is 2.25. The Labute approximate surface area is 104 Å². The summed E-state index contributed by atoms with van der Waals surface area (Å²) < 4.78 is 40.3. The first-order valence-electron chi connectivity index (χ1n) is 4.91. The van der Waals surface area contributed by atoms with Crippen LogP contribution in [0.15, 0.2) is 23.1 Å². The number of hydrogen-bond acceptors (Lipinski definition) is 4. The van der Waals surface area contributed by atoms with Gasteiger partial charge in [0, 0.05) is 7.11 Å². The fourth-order valence-electron chi connectivity index (χ4n) is 1.12. The molecule has 100 valence electrons. The summed E-state index contributed by atoms with van der Waals surface area (Å²) in [7, 11) is -2.63. The minimum absolute atomic E-state index is 0.268. The molecule has 0 spiro atoms. The van der Waals surface area contributed by atoms with Gasteiger partial charge in [-0.25, -0.2) is 17.9 Å². The summed E-state index contributed by atoms with van der Waals surface area (Å²) in [6, 6.07) is 2.87. The monoisotopic (exact) mass is 276 g/mol. The summed E-state index contributed by atoms with van der Waals surface area (Å²) in [6.07, 6.45) is -0.789. The molecule has 1 unspecified atom stereocenters. The van der Waals surface area contributed by atoms with Gasteiger partial charge in [-0.3, -0.25) is 4.79 Å². The predicted octanol–water partition coefficient (Wildman–Crippen LogP) is 0.447. The largest absolute Gasteiger partial charge is 0.372 e. The number of halogens is 1. The lowest BCUT2D eigenvalue weighted by Crippen LogP contribution is -2.27. The number of nitrogens with one attached hydrogen (secondary N) is 1. The third-order valence-corrected chi connectivity index (χ3v) is 3.16. The minimum Gasteiger partial charge on any atom is -0.372 e. The highest BCUT2D eigenvalue weighted by Crippen LogP contribution is 2.19. The zero-order chi connectivity index (χ0) is 13.9. The molecule has 1 atom stereocenters. The summed E-state index contributed by atoms with van der Waals surface area (Å²) in [5.74, 6) is -1.36. The van der Waals surface area contributed by atoms with Crippen LogP contribution in [0.1, 0.15) is 6.92 Å². The zero-order valence-electron chi connectivity index (χ0n) is 9.81. The maximum Gasteiger partial charge on any atom is 0.253 e. The van der Waals surface area contributed by atoms with Gasteiger partial charge in [-0.05, 0) is 25.1 Å². The van der Waals surface area contributed by atoms with Crippen molar-refractivity contribution < 1.29 is 22.3 Å². The predicted molar refractivity (Wildman–Crippen MR) is 62.9 cm³/mol. The molecule has 0 saturated heterocycles. The highest BCUT2D eigenvalue weighted by atomic mass is 32.2. The summed E-state index contributed by atoms with van der Waals surface area (Å²) in [6.45, 7) is 1.47. The van der Waals surface area contributed by atoms with Crippen molar-refractivity contribution >= 4 is 21.6 Å². The van der Waals surface area contributed by atoms with Gasteiger partial charge in [-0.1, -0.05) is 0 Å². The number of benzene rings is 1. The molecule has 1 aromatic rings. The van der Waals surface area contributed by atoms with Crippen LogP contribution in [0.5, 0.6) is 0 Å². The van der Waals surface area contributed by atoms with E-state index in [1.165, 1.54) is 14.0 Å². The molecule has 0 aliphatic carbocycles. The van der Waals surface area contributed by atoms with Crippen molar-refractivity contribution in [2.75, 3.05) is 12.4 Å². The molecule has 0 bridgehead atoms. The number of amides is 1. The number of ether oxygens (including phenoxy) is 1. The number of nitrogens with two attached hydrogens (primary N) is 1. The Bertz CT molecular complexity index is 559. The first-order valence-corrected chi connectivity index (χ1v) is 6.46. The average Bonchev–Trinajstić information content (AvgIpc) is 2.29. The normalized spacial score (nSPS) is 13.1. The molecular weight excluding hydrogens is 263 g/mol. The van der Waals surface area contributed by atoms with Gasteiger partial charge in [0.2, 0.25) is 10.0 Å². The summed E-state index contributed by atoms with van der Waals surface area (Å²) >= 11 is 0. The maximum atomic E-state index is 13.4. The van der Waals surface area contributed by atoms with E-state index < -0.39 is 27.9 Å². The molecule has 0 radical (unpaired) electrons. The van der Waals surface area contributed by atoms with Crippen molar-refractivity contribution in [3.8, 4) is 0 Å². The van der Waals surface area contributed by atoms with Crippen LogP contribution in [0.25, 0.3) is 0 Å². The van der Waals surface area contributed by atoms with E-state index in [0.29, 0.717) is 0 Å². The van der Waals surface area contributed by atoms with E-state index in [-0.39, 0.29) is 10.6 Å². The molecule has 18 heavy (non-hydrogen) atoms. The number of sulfonamides is 1. The second-order valence-electron chi connectivity index (χ2n) is 3.55. The van der Waals surface area contributed by atoms with Crippen molar-refractivity contribution in [1.82, 2.24) is 0 Å². The summed E-state index contributed by atoms with van der Waals surface area (Å²) in [5.41, 5.74) is -0.268. The van der Waals surface area contributed by atoms with Crippen LogP contribution < -0.4 is 10.5 Å². The van der Waals surface area contributed by atoms with Crippen LogP contribution in [-0.4, -0.2) is 27.5 Å². The first kappa shape index (κ1) is 14.6. The fraction of sp³-hybridized carbons (Fsp3) is 0.300. The van der Waals surface area contributed by atoms with E-state index in [4.69, 9.17) is 9.88 Å². The molecule has 0 aliphatic heterocycles. The van der Waals surface area contributed by atoms with Gasteiger partial charge in [0.25, 0.3) is 5.91 Å². The van der Waals surface area contributed by atoms with Gasteiger partial charge in [0.05, 0.1) is 10.6 Å². The highest BCUT2D eigenvalue weighted by Gasteiger charge is 2.16. The lowest BCUT2D eigenvalue weighted by molar-refractivity contribution is -0.124. The topological polar surface area (TPSA) is 98.5 Å². The second-order valence-corrected chi connectivity index (χ2v) is 5.12. The Morgan fingerprint density at radius 3 is 2.61 bits per heavy atom. The summed E-state index contributed by atoms with van der Waals surface area (Å²) in [4.78, 5) is 11.2. The number of methoxy groups -OCH3 is 1. The van der Waals surface area contributed by atoms with Crippen molar-refractivity contribution in [3.05, 3.63) is 24.0 Å². The number of hydrogen-bond donors (Lipinski definition) is 2.